The molecule has 0 radical (unpaired) electrons. The van der Waals surface area contributed by atoms with Gasteiger partial charge in [0.05, 0.1) is 4.92 Å². The first-order valence-corrected chi connectivity index (χ1v) is 5.12. The smallest absolute Gasteiger partial charge is 0.328 e. The molecular formula is C11H8N4O4. The molecule has 1 heterocycles. The van der Waals surface area contributed by atoms with Crippen molar-refractivity contribution in [2.75, 3.05) is 0 Å². The highest BCUT2D eigenvalue weighted by molar-refractivity contribution is 5.85. The van der Waals surface area contributed by atoms with Crippen LogP contribution in [0.5, 0.6) is 0 Å². The molecule has 0 amide bonds. The van der Waals surface area contributed by atoms with Gasteiger partial charge in [-0.15, -0.1) is 0 Å². The van der Waals surface area contributed by atoms with Gasteiger partial charge in [0, 0.05) is 12.1 Å². The summed E-state index contributed by atoms with van der Waals surface area (Å²) in [5, 5.41) is 23.3. The molecule has 0 atom stereocenters. The molecule has 2 aromatic rings. The van der Waals surface area contributed by atoms with E-state index in [1.807, 2.05) is 0 Å². The quantitative estimate of drug-likeness (QED) is 0.503. The molecule has 1 aromatic carbocycles. The number of rotatable bonds is 4. The van der Waals surface area contributed by atoms with Crippen LogP contribution in [0.15, 0.2) is 36.9 Å². The second kappa shape index (κ2) is 5.08. The highest BCUT2D eigenvalue weighted by Gasteiger charge is 2.16. The summed E-state index contributed by atoms with van der Waals surface area (Å²) < 4.78 is 1.27. The van der Waals surface area contributed by atoms with Crippen molar-refractivity contribution >= 4 is 17.7 Å². The average Bonchev–Trinajstić information content (AvgIpc) is 2.89. The Bertz CT molecular complexity index is 649. The van der Waals surface area contributed by atoms with E-state index in [0.717, 1.165) is 6.08 Å². The summed E-state index contributed by atoms with van der Waals surface area (Å²) in [6, 6.07) is 4.31. The molecule has 0 saturated heterocycles. The lowest BCUT2D eigenvalue weighted by Gasteiger charge is -2.03. The Balaban J connectivity index is 2.47. The molecule has 8 heteroatoms. The fraction of sp³-hybridized carbons (Fsp3) is 0. The molecule has 2 rings (SSSR count). The van der Waals surface area contributed by atoms with Crippen LogP contribution in [0, 0.1) is 10.1 Å². The Kier molecular flexibility index (Phi) is 3.33. The Labute approximate surface area is 106 Å². The predicted octanol–water partition coefficient (Wildman–Crippen LogP) is 1.27. The largest absolute Gasteiger partial charge is 0.478 e. The second-order valence-electron chi connectivity index (χ2n) is 3.52. The van der Waals surface area contributed by atoms with E-state index >= 15 is 0 Å². The van der Waals surface area contributed by atoms with Crippen molar-refractivity contribution in [3.8, 4) is 5.69 Å². The normalized spacial score (nSPS) is 10.7. The molecule has 1 N–H and O–H groups in total. The van der Waals surface area contributed by atoms with E-state index in [9.17, 15) is 14.9 Å². The Morgan fingerprint density at radius 3 is 2.84 bits per heavy atom. The number of nitrogens with zero attached hydrogens (tertiary/aromatic N) is 4. The molecule has 0 bridgehead atoms. The van der Waals surface area contributed by atoms with E-state index in [4.69, 9.17) is 5.11 Å². The number of aliphatic carboxylic acids is 1. The molecule has 0 spiro atoms. The molecule has 0 fully saturated rings. The first kappa shape index (κ1) is 12.4. The number of carbonyl (C=O) groups is 1. The lowest BCUT2D eigenvalue weighted by atomic mass is 10.1. The van der Waals surface area contributed by atoms with Gasteiger partial charge in [-0.2, -0.15) is 5.10 Å². The second-order valence-corrected chi connectivity index (χ2v) is 3.52. The molecule has 0 unspecified atom stereocenters. The van der Waals surface area contributed by atoms with Gasteiger partial charge in [-0.1, -0.05) is 6.07 Å². The van der Waals surface area contributed by atoms with Crippen LogP contribution in [-0.2, 0) is 4.79 Å². The van der Waals surface area contributed by atoms with Gasteiger partial charge in [0.15, 0.2) is 0 Å². The minimum Gasteiger partial charge on any atom is -0.478 e. The number of carboxylic acid groups (broad SMARTS) is 1. The fourth-order valence-corrected chi connectivity index (χ4v) is 1.48. The van der Waals surface area contributed by atoms with Gasteiger partial charge in [-0.25, -0.2) is 14.5 Å². The molecule has 0 aliphatic rings. The fourth-order valence-electron chi connectivity index (χ4n) is 1.48. The highest BCUT2D eigenvalue weighted by atomic mass is 16.6. The topological polar surface area (TPSA) is 111 Å². The lowest BCUT2D eigenvalue weighted by Crippen LogP contribution is -2.01. The Hall–Kier alpha value is -3.03. The van der Waals surface area contributed by atoms with Crippen molar-refractivity contribution in [2.45, 2.75) is 0 Å². The molecule has 8 nitrogen and oxygen atoms in total. The number of hydrogen-bond donors (Lipinski definition) is 1. The first-order valence-electron chi connectivity index (χ1n) is 5.12. The van der Waals surface area contributed by atoms with Crippen LogP contribution in [0.3, 0.4) is 0 Å². The zero-order valence-electron chi connectivity index (χ0n) is 9.50. The molecule has 0 saturated carbocycles. The van der Waals surface area contributed by atoms with Crippen molar-refractivity contribution in [2.24, 2.45) is 0 Å². The molecule has 0 aliphatic carbocycles. The monoisotopic (exact) mass is 260 g/mol. The summed E-state index contributed by atoms with van der Waals surface area (Å²) >= 11 is 0. The van der Waals surface area contributed by atoms with Crippen molar-refractivity contribution in [1.29, 1.82) is 0 Å². The van der Waals surface area contributed by atoms with Gasteiger partial charge < -0.3 is 5.11 Å². The minimum absolute atomic E-state index is 0.182. The van der Waals surface area contributed by atoms with Crippen LogP contribution in [0.25, 0.3) is 11.8 Å². The zero-order chi connectivity index (χ0) is 13.8. The Morgan fingerprint density at radius 1 is 1.47 bits per heavy atom. The SMILES string of the molecule is O=C(O)/C=C/c1ccc(-n2cncn2)c([N+](=O)[O-])c1. The highest BCUT2D eigenvalue weighted by Crippen LogP contribution is 2.23. The van der Waals surface area contributed by atoms with E-state index in [1.54, 1.807) is 6.07 Å². The third-order valence-electron chi connectivity index (χ3n) is 2.28. The number of nitro groups is 1. The number of benzene rings is 1. The maximum atomic E-state index is 11.0. The number of aromatic nitrogens is 3. The summed E-state index contributed by atoms with van der Waals surface area (Å²) in [5.74, 6) is -1.12. The van der Waals surface area contributed by atoms with Gasteiger partial charge in [0.2, 0.25) is 0 Å². The van der Waals surface area contributed by atoms with E-state index in [1.165, 1.54) is 35.5 Å². The summed E-state index contributed by atoms with van der Waals surface area (Å²) in [4.78, 5) is 24.6. The maximum absolute atomic E-state index is 11.0. The molecular weight excluding hydrogens is 252 g/mol. The van der Waals surface area contributed by atoms with Crippen LogP contribution in [0.1, 0.15) is 5.56 Å². The van der Waals surface area contributed by atoms with Crippen molar-refractivity contribution in [1.82, 2.24) is 14.8 Å². The number of hydrogen-bond acceptors (Lipinski definition) is 5. The summed E-state index contributed by atoms with van der Waals surface area (Å²) in [7, 11) is 0. The lowest BCUT2D eigenvalue weighted by molar-refractivity contribution is -0.384. The van der Waals surface area contributed by atoms with Crippen LogP contribution in [0.4, 0.5) is 5.69 Å². The summed E-state index contributed by atoms with van der Waals surface area (Å²) in [6.45, 7) is 0. The van der Waals surface area contributed by atoms with E-state index < -0.39 is 10.9 Å². The van der Waals surface area contributed by atoms with E-state index in [2.05, 4.69) is 10.1 Å². The van der Waals surface area contributed by atoms with E-state index in [0.29, 0.717) is 5.56 Å². The third-order valence-corrected chi connectivity index (χ3v) is 2.28. The molecule has 1 aromatic heterocycles. The first-order chi connectivity index (χ1) is 9.08. The van der Waals surface area contributed by atoms with Gasteiger partial charge in [0.25, 0.3) is 5.69 Å². The molecule has 96 valence electrons. The summed E-state index contributed by atoms with van der Waals surface area (Å²) in [6.07, 6.45) is 4.80. The summed E-state index contributed by atoms with van der Waals surface area (Å²) in [5.41, 5.74) is 0.492. The van der Waals surface area contributed by atoms with Crippen LogP contribution < -0.4 is 0 Å². The van der Waals surface area contributed by atoms with Gasteiger partial charge in [-0.05, 0) is 17.7 Å². The van der Waals surface area contributed by atoms with Gasteiger partial charge in [-0.3, -0.25) is 10.1 Å². The molecule has 19 heavy (non-hydrogen) atoms. The zero-order valence-corrected chi connectivity index (χ0v) is 9.50. The van der Waals surface area contributed by atoms with Crippen LogP contribution >= 0.6 is 0 Å². The van der Waals surface area contributed by atoms with Crippen LogP contribution in [-0.4, -0.2) is 30.8 Å². The average molecular weight is 260 g/mol. The van der Waals surface area contributed by atoms with Crippen molar-refractivity contribution in [3.05, 3.63) is 52.6 Å². The maximum Gasteiger partial charge on any atom is 0.328 e. The third kappa shape index (κ3) is 2.80. The van der Waals surface area contributed by atoms with Crippen molar-refractivity contribution < 1.29 is 14.8 Å². The molecule has 0 aliphatic heterocycles. The minimum atomic E-state index is -1.12. The standard InChI is InChI=1S/C11H8N4O4/c16-11(17)4-2-8-1-3-9(10(5-8)15(18)19)14-7-12-6-13-14/h1-7H,(H,16,17)/b4-2+. The van der Waals surface area contributed by atoms with Crippen LogP contribution in [0.2, 0.25) is 0 Å². The van der Waals surface area contributed by atoms with Gasteiger partial charge in [0.1, 0.15) is 18.3 Å². The number of nitro benzene ring substituents is 1. The van der Waals surface area contributed by atoms with Gasteiger partial charge >= 0.3 is 5.97 Å². The van der Waals surface area contributed by atoms with E-state index in [-0.39, 0.29) is 11.4 Å². The Morgan fingerprint density at radius 2 is 2.26 bits per heavy atom. The predicted molar refractivity (Wildman–Crippen MR) is 64.7 cm³/mol. The van der Waals surface area contributed by atoms with Crippen molar-refractivity contribution in [3.63, 3.8) is 0 Å². The number of carboxylic acids is 1.